The van der Waals surface area contributed by atoms with Crippen molar-refractivity contribution < 1.29 is 4.79 Å². The summed E-state index contributed by atoms with van der Waals surface area (Å²) in [6, 6.07) is 0. The zero-order valence-electron chi connectivity index (χ0n) is 7.55. The summed E-state index contributed by atoms with van der Waals surface area (Å²) in [5, 5.41) is 0. The van der Waals surface area contributed by atoms with E-state index in [0.29, 0.717) is 5.41 Å². The van der Waals surface area contributed by atoms with Crippen LogP contribution in [-0.2, 0) is 4.79 Å². The van der Waals surface area contributed by atoms with Crippen LogP contribution in [0.4, 0.5) is 0 Å². The topological polar surface area (TPSA) is 46.3 Å². The Labute approximate surface area is 72.9 Å². The lowest BCUT2D eigenvalue weighted by molar-refractivity contribution is -0.124. The zero-order chi connectivity index (χ0) is 8.77. The van der Waals surface area contributed by atoms with Crippen LogP contribution in [0, 0.1) is 11.3 Å². The number of likely N-dealkylation sites (tertiary alicyclic amines) is 1. The second-order valence-corrected chi connectivity index (χ2v) is 4.50. The molecule has 68 valence electrons. The molecule has 0 aromatic carbocycles. The van der Waals surface area contributed by atoms with Gasteiger partial charge >= 0.3 is 0 Å². The zero-order valence-corrected chi connectivity index (χ0v) is 7.55. The molecule has 0 radical (unpaired) electrons. The summed E-state index contributed by atoms with van der Waals surface area (Å²) >= 11 is 0. The van der Waals surface area contributed by atoms with Crippen molar-refractivity contribution in [3.05, 3.63) is 0 Å². The van der Waals surface area contributed by atoms with E-state index in [1.807, 2.05) is 0 Å². The second-order valence-electron chi connectivity index (χ2n) is 4.50. The Bertz CT molecular complexity index is 211. The Morgan fingerprint density at radius 2 is 2.25 bits per heavy atom. The Balaban J connectivity index is 2.04. The van der Waals surface area contributed by atoms with Crippen molar-refractivity contribution >= 4 is 5.91 Å². The second kappa shape index (κ2) is 2.46. The highest BCUT2D eigenvalue weighted by Gasteiger charge is 2.48. The van der Waals surface area contributed by atoms with Crippen LogP contribution in [0.25, 0.3) is 0 Å². The number of hydrogen-bond donors (Lipinski definition) is 1. The highest BCUT2D eigenvalue weighted by Crippen LogP contribution is 2.53. The molecule has 3 heteroatoms. The van der Waals surface area contributed by atoms with Gasteiger partial charge in [0, 0.05) is 13.1 Å². The number of carbonyl (C=O) groups excluding carboxylic acids is 1. The van der Waals surface area contributed by atoms with Crippen molar-refractivity contribution in [3.8, 4) is 0 Å². The molecule has 1 saturated carbocycles. The summed E-state index contributed by atoms with van der Waals surface area (Å²) < 4.78 is 0. The smallest absolute Gasteiger partial charge is 0.221 e. The van der Waals surface area contributed by atoms with Gasteiger partial charge in [0.25, 0.3) is 0 Å². The quantitative estimate of drug-likeness (QED) is 0.608. The molecule has 1 atom stereocenters. The molecule has 2 N–H and O–H groups in total. The van der Waals surface area contributed by atoms with Crippen molar-refractivity contribution in [2.75, 3.05) is 20.1 Å². The maximum Gasteiger partial charge on any atom is 0.221 e. The standard InChI is InChI=1S/C9H16N2O/c1-11-5-7(8(10)12)4-9(6-11)2-3-9/h7H,2-6H2,1H3,(H2,10,12). The number of primary amides is 1. The first kappa shape index (κ1) is 8.05. The summed E-state index contributed by atoms with van der Waals surface area (Å²) in [6.45, 7) is 2.02. The third-order valence-electron chi connectivity index (χ3n) is 3.18. The van der Waals surface area contributed by atoms with Crippen LogP contribution in [0.15, 0.2) is 0 Å². The Hall–Kier alpha value is -0.570. The molecule has 1 amide bonds. The lowest BCUT2D eigenvalue weighted by atomic mass is 9.86. The molecule has 2 aliphatic rings. The Kier molecular flexibility index (Phi) is 1.65. The number of piperidine rings is 1. The van der Waals surface area contributed by atoms with Gasteiger partial charge < -0.3 is 10.6 Å². The van der Waals surface area contributed by atoms with Crippen LogP contribution in [0.2, 0.25) is 0 Å². The molecule has 1 aliphatic heterocycles. The molecule has 2 fully saturated rings. The number of nitrogens with zero attached hydrogens (tertiary/aromatic N) is 1. The summed E-state index contributed by atoms with van der Waals surface area (Å²) in [5.74, 6) is -0.0147. The van der Waals surface area contributed by atoms with Gasteiger partial charge in [-0.15, -0.1) is 0 Å². The maximum absolute atomic E-state index is 11.0. The van der Waals surface area contributed by atoms with Gasteiger partial charge in [-0.25, -0.2) is 0 Å². The van der Waals surface area contributed by atoms with Crippen molar-refractivity contribution in [2.45, 2.75) is 19.3 Å². The molecular formula is C9H16N2O. The van der Waals surface area contributed by atoms with E-state index < -0.39 is 0 Å². The fraction of sp³-hybridized carbons (Fsp3) is 0.889. The van der Waals surface area contributed by atoms with Gasteiger partial charge in [-0.2, -0.15) is 0 Å². The number of amides is 1. The Morgan fingerprint density at radius 1 is 1.58 bits per heavy atom. The highest BCUT2D eigenvalue weighted by molar-refractivity contribution is 5.77. The predicted molar refractivity (Wildman–Crippen MR) is 46.5 cm³/mol. The van der Waals surface area contributed by atoms with Crippen LogP contribution in [0.1, 0.15) is 19.3 Å². The fourth-order valence-corrected chi connectivity index (χ4v) is 2.39. The van der Waals surface area contributed by atoms with Gasteiger partial charge in [0.15, 0.2) is 0 Å². The summed E-state index contributed by atoms with van der Waals surface area (Å²) in [7, 11) is 2.08. The molecule has 1 heterocycles. The monoisotopic (exact) mass is 168 g/mol. The van der Waals surface area contributed by atoms with Crippen LogP contribution >= 0.6 is 0 Å². The van der Waals surface area contributed by atoms with E-state index in [9.17, 15) is 4.79 Å². The van der Waals surface area contributed by atoms with Crippen molar-refractivity contribution in [1.82, 2.24) is 4.90 Å². The van der Waals surface area contributed by atoms with Gasteiger partial charge in [0.1, 0.15) is 0 Å². The van der Waals surface area contributed by atoms with Crippen LogP contribution < -0.4 is 5.73 Å². The molecule has 3 nitrogen and oxygen atoms in total. The SMILES string of the molecule is CN1CC(C(N)=O)CC2(CC2)C1. The van der Waals surface area contributed by atoms with E-state index in [1.165, 1.54) is 12.8 Å². The normalized spacial score (nSPS) is 33.6. The average Bonchev–Trinajstić information content (AvgIpc) is 2.67. The molecule has 0 aromatic heterocycles. The average molecular weight is 168 g/mol. The van der Waals surface area contributed by atoms with Gasteiger partial charge in [-0.1, -0.05) is 0 Å². The molecule has 1 saturated heterocycles. The molecule has 12 heavy (non-hydrogen) atoms. The first-order valence-corrected chi connectivity index (χ1v) is 4.59. The van der Waals surface area contributed by atoms with Gasteiger partial charge in [-0.3, -0.25) is 4.79 Å². The molecular weight excluding hydrogens is 152 g/mol. The maximum atomic E-state index is 11.0. The number of hydrogen-bond acceptors (Lipinski definition) is 2. The minimum Gasteiger partial charge on any atom is -0.369 e. The number of rotatable bonds is 1. The Morgan fingerprint density at radius 3 is 2.75 bits per heavy atom. The minimum atomic E-state index is -0.118. The van der Waals surface area contributed by atoms with Crippen LogP contribution in [-0.4, -0.2) is 30.9 Å². The van der Waals surface area contributed by atoms with Crippen LogP contribution in [0.3, 0.4) is 0 Å². The lowest BCUT2D eigenvalue weighted by Gasteiger charge is -2.34. The predicted octanol–water partition coefficient (Wildman–Crippen LogP) is 0.204. The van der Waals surface area contributed by atoms with E-state index in [1.54, 1.807) is 0 Å². The van der Waals surface area contributed by atoms with Crippen molar-refractivity contribution in [1.29, 1.82) is 0 Å². The van der Waals surface area contributed by atoms with E-state index in [2.05, 4.69) is 11.9 Å². The minimum absolute atomic E-state index is 0.103. The first-order chi connectivity index (χ1) is 5.61. The van der Waals surface area contributed by atoms with Crippen LogP contribution in [0.5, 0.6) is 0 Å². The summed E-state index contributed by atoms with van der Waals surface area (Å²) in [4.78, 5) is 13.3. The molecule has 1 unspecified atom stereocenters. The third kappa shape index (κ3) is 1.33. The first-order valence-electron chi connectivity index (χ1n) is 4.59. The largest absolute Gasteiger partial charge is 0.369 e. The summed E-state index contributed by atoms with van der Waals surface area (Å²) in [5.41, 5.74) is 5.79. The molecule has 0 aromatic rings. The van der Waals surface area contributed by atoms with E-state index in [4.69, 9.17) is 5.73 Å². The number of nitrogens with two attached hydrogens (primary N) is 1. The fourth-order valence-electron chi connectivity index (χ4n) is 2.39. The van der Waals surface area contributed by atoms with Crippen molar-refractivity contribution in [2.24, 2.45) is 17.1 Å². The van der Waals surface area contributed by atoms with Crippen molar-refractivity contribution in [3.63, 3.8) is 0 Å². The van der Waals surface area contributed by atoms with Gasteiger partial charge in [-0.05, 0) is 31.7 Å². The highest BCUT2D eigenvalue weighted by atomic mass is 16.1. The summed E-state index contributed by atoms with van der Waals surface area (Å²) in [6.07, 6.45) is 3.62. The molecule has 0 bridgehead atoms. The molecule has 1 spiro atoms. The van der Waals surface area contributed by atoms with E-state index >= 15 is 0 Å². The third-order valence-corrected chi connectivity index (χ3v) is 3.18. The van der Waals surface area contributed by atoms with Gasteiger partial charge in [0.2, 0.25) is 5.91 Å². The molecule has 2 rings (SSSR count). The van der Waals surface area contributed by atoms with E-state index in [-0.39, 0.29) is 11.8 Å². The van der Waals surface area contributed by atoms with Gasteiger partial charge in [0.05, 0.1) is 5.92 Å². The lowest BCUT2D eigenvalue weighted by Crippen LogP contribution is -2.44. The molecule has 1 aliphatic carbocycles. The van der Waals surface area contributed by atoms with E-state index in [0.717, 1.165) is 19.5 Å². The number of carbonyl (C=O) groups is 1.